The van der Waals surface area contributed by atoms with Crippen LogP contribution in [0.1, 0.15) is 57.2 Å². The van der Waals surface area contributed by atoms with Crippen molar-refractivity contribution in [3.05, 3.63) is 69.0 Å². The van der Waals surface area contributed by atoms with Crippen molar-refractivity contribution < 1.29 is 32.7 Å². The third-order valence-electron chi connectivity index (χ3n) is 7.99. The lowest BCUT2D eigenvalue weighted by Crippen LogP contribution is -2.43. The van der Waals surface area contributed by atoms with Crippen LogP contribution in [-0.2, 0) is 17.4 Å². The third kappa shape index (κ3) is 3.77. The molecule has 4 rings (SSSR count). The molecule has 186 valence electrons. The summed E-state index contributed by atoms with van der Waals surface area (Å²) in [6.07, 6.45) is -2.87. The van der Waals surface area contributed by atoms with E-state index in [1.807, 2.05) is 27.7 Å². The number of aliphatic hydroxyl groups is 1. The zero-order valence-electron chi connectivity index (χ0n) is 19.8. The van der Waals surface area contributed by atoms with E-state index in [2.05, 4.69) is 0 Å². The van der Waals surface area contributed by atoms with Gasteiger partial charge in [0.25, 0.3) is 0 Å². The molecule has 9 heteroatoms. The zero-order valence-corrected chi connectivity index (χ0v) is 19.8. The van der Waals surface area contributed by atoms with Gasteiger partial charge in [-0.3, -0.25) is 14.9 Å². The maximum Gasteiger partial charge on any atom is 0.416 e. The number of carbonyl (C=O) groups excluding carboxylic acids is 1. The fourth-order valence-corrected chi connectivity index (χ4v) is 5.42. The van der Waals surface area contributed by atoms with Crippen molar-refractivity contribution in [1.82, 2.24) is 0 Å². The van der Waals surface area contributed by atoms with Crippen LogP contribution < -0.4 is 4.74 Å². The molecule has 2 atom stereocenters. The number of halogens is 3. The van der Waals surface area contributed by atoms with E-state index in [4.69, 9.17) is 4.74 Å². The molecular formula is C26H26F3NO5. The first-order valence-corrected chi connectivity index (χ1v) is 11.4. The van der Waals surface area contributed by atoms with Crippen LogP contribution >= 0.6 is 0 Å². The van der Waals surface area contributed by atoms with E-state index in [9.17, 15) is 33.2 Å². The lowest BCUT2D eigenvalue weighted by Gasteiger charge is -2.45. The van der Waals surface area contributed by atoms with Gasteiger partial charge in [-0.2, -0.15) is 13.2 Å². The summed E-state index contributed by atoms with van der Waals surface area (Å²) in [6, 6.07) is 6.79. The van der Waals surface area contributed by atoms with Gasteiger partial charge in [-0.15, -0.1) is 0 Å². The number of benzene rings is 2. The van der Waals surface area contributed by atoms with Crippen LogP contribution in [-0.4, -0.2) is 15.8 Å². The van der Waals surface area contributed by atoms with Gasteiger partial charge < -0.3 is 9.84 Å². The van der Waals surface area contributed by atoms with Crippen LogP contribution in [0.4, 0.5) is 18.9 Å². The molecule has 0 spiro atoms. The van der Waals surface area contributed by atoms with Gasteiger partial charge in [0.1, 0.15) is 11.5 Å². The number of aliphatic hydroxyl groups excluding tert-OH is 1. The third-order valence-corrected chi connectivity index (χ3v) is 7.99. The molecule has 0 radical (unpaired) electrons. The minimum atomic E-state index is -4.74. The largest absolute Gasteiger partial charge is 0.511 e. The molecule has 1 fully saturated rings. The summed E-state index contributed by atoms with van der Waals surface area (Å²) in [5, 5.41) is 22.8. The van der Waals surface area contributed by atoms with E-state index in [0.29, 0.717) is 37.0 Å². The van der Waals surface area contributed by atoms with E-state index in [1.54, 1.807) is 6.07 Å². The molecule has 2 aromatic rings. The molecule has 2 bridgehead atoms. The fourth-order valence-electron chi connectivity index (χ4n) is 5.42. The number of nitro groups is 1. The molecule has 1 N–H and O–H groups in total. The summed E-state index contributed by atoms with van der Waals surface area (Å²) in [5.74, 6) is -0.651. The first-order chi connectivity index (χ1) is 16.2. The smallest absolute Gasteiger partial charge is 0.416 e. The molecular weight excluding hydrogens is 463 g/mol. The Morgan fingerprint density at radius 2 is 1.86 bits per heavy atom. The van der Waals surface area contributed by atoms with E-state index in [1.165, 1.54) is 12.1 Å². The number of hydrogen-bond donors (Lipinski definition) is 1. The minimum absolute atomic E-state index is 0.0219. The summed E-state index contributed by atoms with van der Waals surface area (Å²) in [7, 11) is 0. The highest BCUT2D eigenvalue weighted by Gasteiger charge is 2.61. The second-order valence-electron chi connectivity index (χ2n) is 9.94. The number of Topliss-reactive ketones (excluding diaryl/α,β-unsaturated/α-hetero) is 1. The predicted octanol–water partition coefficient (Wildman–Crippen LogP) is 7.26. The van der Waals surface area contributed by atoms with Crippen molar-refractivity contribution in [2.45, 2.75) is 53.1 Å². The number of hydrogen-bond acceptors (Lipinski definition) is 5. The van der Waals surface area contributed by atoms with E-state index >= 15 is 0 Å². The Morgan fingerprint density at radius 3 is 2.46 bits per heavy atom. The van der Waals surface area contributed by atoms with Gasteiger partial charge in [0.2, 0.25) is 5.75 Å². The lowest BCUT2D eigenvalue weighted by molar-refractivity contribution is -0.385. The Labute approximate surface area is 200 Å². The molecule has 0 amide bonds. The molecule has 0 aliphatic heterocycles. The highest BCUT2D eigenvalue weighted by Crippen LogP contribution is 2.64. The van der Waals surface area contributed by atoms with Crippen molar-refractivity contribution in [2.24, 2.45) is 16.7 Å². The summed E-state index contributed by atoms with van der Waals surface area (Å²) in [6.45, 7) is 7.82. The van der Waals surface area contributed by atoms with Crippen molar-refractivity contribution in [2.75, 3.05) is 0 Å². The number of ether oxygens (including phenoxy) is 1. The minimum Gasteiger partial charge on any atom is -0.511 e. The molecule has 1 saturated carbocycles. The van der Waals surface area contributed by atoms with Crippen molar-refractivity contribution in [1.29, 1.82) is 0 Å². The summed E-state index contributed by atoms with van der Waals surface area (Å²) in [4.78, 5) is 24.0. The highest BCUT2D eigenvalue weighted by atomic mass is 19.4. The predicted molar refractivity (Wildman–Crippen MR) is 123 cm³/mol. The maximum absolute atomic E-state index is 13.5. The van der Waals surface area contributed by atoms with Gasteiger partial charge in [0, 0.05) is 17.4 Å². The SMILES string of the molecule is CCc1ccc(Oc2ccc(C(F)(F)F)cc2[N+](=O)[O-])cc1C1=C(O)C2(C)CC[C@@H](C1=O)C2(C)C. The van der Waals surface area contributed by atoms with E-state index in [0.717, 1.165) is 11.6 Å². The number of aryl methyl sites for hydroxylation is 1. The van der Waals surface area contributed by atoms with Crippen LogP contribution in [0.2, 0.25) is 0 Å². The van der Waals surface area contributed by atoms with Crippen LogP contribution in [0, 0.1) is 26.9 Å². The molecule has 2 aromatic carbocycles. The van der Waals surface area contributed by atoms with Gasteiger partial charge in [-0.1, -0.05) is 33.8 Å². The zero-order chi connectivity index (χ0) is 25.9. The number of carbonyl (C=O) groups is 1. The average molecular weight is 489 g/mol. The van der Waals surface area contributed by atoms with Crippen molar-refractivity contribution in [3.63, 3.8) is 0 Å². The van der Waals surface area contributed by atoms with Crippen molar-refractivity contribution in [3.8, 4) is 11.5 Å². The molecule has 2 aliphatic carbocycles. The van der Waals surface area contributed by atoms with Gasteiger partial charge >= 0.3 is 11.9 Å². The number of nitrogens with zero attached hydrogens (tertiary/aromatic N) is 1. The number of alkyl halides is 3. The Hall–Kier alpha value is -3.36. The molecule has 0 heterocycles. The lowest BCUT2D eigenvalue weighted by atomic mass is 9.58. The van der Waals surface area contributed by atoms with Gasteiger partial charge in [-0.25, -0.2) is 0 Å². The monoisotopic (exact) mass is 489 g/mol. The standard InChI is InChI=1S/C26H26F3NO5/c1-5-14-6-8-16(35-20-9-7-15(26(27,28)29)12-19(20)30(33)34)13-17(14)21-22(31)18-10-11-25(4,23(21)32)24(18,2)3/h6-9,12-13,18,32H,5,10-11H2,1-4H3/t18-,25?/m0/s1. The number of ketones is 1. The van der Waals surface area contributed by atoms with Gasteiger partial charge in [0.15, 0.2) is 5.78 Å². The highest BCUT2D eigenvalue weighted by molar-refractivity contribution is 6.24. The van der Waals surface area contributed by atoms with Crippen LogP contribution in [0.25, 0.3) is 5.57 Å². The quantitative estimate of drug-likeness (QED) is 0.353. The molecule has 0 saturated heterocycles. The fraction of sp³-hybridized carbons (Fsp3) is 0.423. The Morgan fingerprint density at radius 1 is 1.17 bits per heavy atom. The summed E-state index contributed by atoms with van der Waals surface area (Å²) < 4.78 is 44.8. The number of nitro benzene ring substituents is 1. The van der Waals surface area contributed by atoms with Crippen LogP contribution in [0.15, 0.2) is 42.2 Å². The van der Waals surface area contributed by atoms with E-state index < -0.39 is 33.2 Å². The Kier molecular flexibility index (Phi) is 5.73. The van der Waals surface area contributed by atoms with Gasteiger partial charge in [0.05, 0.1) is 16.1 Å². The van der Waals surface area contributed by atoms with Crippen LogP contribution in [0.3, 0.4) is 0 Å². The molecule has 2 aliphatic rings. The summed E-state index contributed by atoms with van der Waals surface area (Å²) in [5.41, 5.74) is -1.53. The molecule has 35 heavy (non-hydrogen) atoms. The topological polar surface area (TPSA) is 89.7 Å². The maximum atomic E-state index is 13.5. The molecule has 6 nitrogen and oxygen atoms in total. The second-order valence-corrected chi connectivity index (χ2v) is 9.94. The average Bonchev–Trinajstić information content (AvgIpc) is 2.96. The Bertz CT molecular complexity index is 1260. The van der Waals surface area contributed by atoms with Gasteiger partial charge in [-0.05, 0) is 60.1 Å². The Balaban J connectivity index is 1.81. The number of rotatable bonds is 5. The number of allylic oxidation sites excluding steroid dienone is 2. The first kappa shape index (κ1) is 24.8. The summed E-state index contributed by atoms with van der Waals surface area (Å²) >= 11 is 0. The molecule has 0 aromatic heterocycles. The van der Waals surface area contributed by atoms with E-state index in [-0.39, 0.29) is 34.5 Å². The number of fused-ring (bicyclic) bond motifs is 2. The van der Waals surface area contributed by atoms with Crippen molar-refractivity contribution >= 4 is 17.0 Å². The normalized spacial score (nSPS) is 23.5. The first-order valence-electron chi connectivity index (χ1n) is 11.4. The van der Waals surface area contributed by atoms with Crippen LogP contribution in [0.5, 0.6) is 11.5 Å². The molecule has 1 unspecified atom stereocenters. The second kappa shape index (κ2) is 8.10.